The lowest BCUT2D eigenvalue weighted by atomic mass is 9.98. The fraction of sp³-hybridized carbons (Fsp3) is 0.625. The molecular formula is C8H14N2OS. The summed E-state index contributed by atoms with van der Waals surface area (Å²) < 4.78 is 0. The predicted molar refractivity (Wildman–Crippen MR) is 50.1 cm³/mol. The van der Waals surface area contributed by atoms with E-state index in [4.69, 9.17) is 5.73 Å². The topological polar surface area (TPSA) is 59.1 Å². The normalized spacial score (nSPS) is 15.9. The lowest BCUT2D eigenvalue weighted by Gasteiger charge is -2.20. The Morgan fingerprint density at radius 1 is 1.75 bits per heavy atom. The Bertz CT molecular complexity index is 221. The maximum atomic E-state index is 9.79. The first-order valence-corrected chi connectivity index (χ1v) is 4.82. The highest BCUT2D eigenvalue weighted by atomic mass is 32.1. The van der Waals surface area contributed by atoms with Gasteiger partial charge in [-0.05, 0) is 19.9 Å². The minimum atomic E-state index is -0.679. The first kappa shape index (κ1) is 9.64. The molecule has 1 aromatic rings. The zero-order valence-electron chi connectivity index (χ0n) is 7.16. The van der Waals surface area contributed by atoms with E-state index in [0.29, 0.717) is 19.4 Å². The first-order valence-electron chi connectivity index (χ1n) is 3.94. The van der Waals surface area contributed by atoms with Crippen molar-refractivity contribution in [1.82, 2.24) is 4.98 Å². The van der Waals surface area contributed by atoms with Gasteiger partial charge in [0.1, 0.15) is 0 Å². The van der Waals surface area contributed by atoms with Crippen LogP contribution in [0.2, 0.25) is 0 Å². The average molecular weight is 186 g/mol. The molecule has 0 saturated heterocycles. The van der Waals surface area contributed by atoms with Gasteiger partial charge in [0, 0.05) is 17.5 Å². The van der Waals surface area contributed by atoms with Gasteiger partial charge in [0.25, 0.3) is 0 Å². The Hall–Kier alpha value is -0.450. The highest BCUT2D eigenvalue weighted by molar-refractivity contribution is 7.09. The van der Waals surface area contributed by atoms with E-state index in [2.05, 4.69) is 4.98 Å². The van der Waals surface area contributed by atoms with Crippen molar-refractivity contribution in [2.75, 3.05) is 6.54 Å². The van der Waals surface area contributed by atoms with Crippen molar-refractivity contribution in [1.29, 1.82) is 0 Å². The number of nitrogens with zero attached hydrogens (tertiary/aromatic N) is 1. The van der Waals surface area contributed by atoms with E-state index >= 15 is 0 Å². The molecule has 0 radical (unpaired) electrons. The third kappa shape index (κ3) is 2.89. The first-order chi connectivity index (χ1) is 5.64. The standard InChI is InChI=1S/C8H14N2OS/c1-8(11,2-3-9)4-7-5-10-6-12-7/h5-6,11H,2-4,9H2,1H3. The summed E-state index contributed by atoms with van der Waals surface area (Å²) in [6, 6.07) is 0. The molecule has 0 amide bonds. The predicted octanol–water partition coefficient (Wildman–Crippen LogP) is 0.785. The largest absolute Gasteiger partial charge is 0.390 e. The van der Waals surface area contributed by atoms with E-state index in [9.17, 15) is 5.11 Å². The maximum Gasteiger partial charge on any atom is 0.0794 e. The zero-order chi connectivity index (χ0) is 9.03. The van der Waals surface area contributed by atoms with Gasteiger partial charge in [-0.15, -0.1) is 11.3 Å². The molecular weight excluding hydrogens is 172 g/mol. The number of aliphatic hydroxyl groups is 1. The summed E-state index contributed by atoms with van der Waals surface area (Å²) in [5, 5.41) is 9.79. The second kappa shape index (κ2) is 3.98. The van der Waals surface area contributed by atoms with E-state index in [1.807, 2.05) is 0 Å². The number of hydrogen-bond acceptors (Lipinski definition) is 4. The molecule has 3 N–H and O–H groups in total. The van der Waals surface area contributed by atoms with Crippen LogP contribution in [0.3, 0.4) is 0 Å². The molecule has 0 saturated carbocycles. The Morgan fingerprint density at radius 2 is 2.50 bits per heavy atom. The summed E-state index contributed by atoms with van der Waals surface area (Å²) in [5.41, 5.74) is 6.46. The fourth-order valence-corrected chi connectivity index (χ4v) is 1.88. The molecule has 0 bridgehead atoms. The molecule has 0 aromatic carbocycles. The summed E-state index contributed by atoms with van der Waals surface area (Å²) in [4.78, 5) is 5.05. The van der Waals surface area contributed by atoms with Gasteiger partial charge in [-0.25, -0.2) is 0 Å². The zero-order valence-corrected chi connectivity index (χ0v) is 7.97. The van der Waals surface area contributed by atoms with Crippen LogP contribution in [-0.4, -0.2) is 22.2 Å². The smallest absolute Gasteiger partial charge is 0.0794 e. The van der Waals surface area contributed by atoms with Gasteiger partial charge in [0.15, 0.2) is 0 Å². The van der Waals surface area contributed by atoms with Crippen molar-refractivity contribution in [3.05, 3.63) is 16.6 Å². The van der Waals surface area contributed by atoms with E-state index in [-0.39, 0.29) is 0 Å². The molecule has 3 nitrogen and oxygen atoms in total. The van der Waals surface area contributed by atoms with Crippen molar-refractivity contribution < 1.29 is 5.11 Å². The van der Waals surface area contributed by atoms with Gasteiger partial charge in [-0.2, -0.15) is 0 Å². The molecule has 0 fully saturated rings. The highest BCUT2D eigenvalue weighted by Gasteiger charge is 2.20. The van der Waals surface area contributed by atoms with Gasteiger partial charge in [0.2, 0.25) is 0 Å². The molecule has 1 unspecified atom stereocenters. The minimum Gasteiger partial charge on any atom is -0.390 e. The number of nitrogens with two attached hydrogens (primary N) is 1. The lowest BCUT2D eigenvalue weighted by molar-refractivity contribution is 0.0546. The minimum absolute atomic E-state index is 0.520. The summed E-state index contributed by atoms with van der Waals surface area (Å²) in [5.74, 6) is 0. The van der Waals surface area contributed by atoms with Gasteiger partial charge in [-0.3, -0.25) is 4.98 Å². The van der Waals surface area contributed by atoms with E-state index in [0.717, 1.165) is 4.88 Å². The Labute approximate surface area is 76.3 Å². The number of thiazole rings is 1. The van der Waals surface area contributed by atoms with Gasteiger partial charge >= 0.3 is 0 Å². The van der Waals surface area contributed by atoms with Gasteiger partial charge in [-0.1, -0.05) is 0 Å². The van der Waals surface area contributed by atoms with Crippen LogP contribution in [0.15, 0.2) is 11.7 Å². The Balaban J connectivity index is 2.50. The number of hydrogen-bond donors (Lipinski definition) is 2. The third-order valence-corrected chi connectivity index (χ3v) is 2.50. The second-order valence-electron chi connectivity index (χ2n) is 3.18. The molecule has 0 aliphatic heterocycles. The van der Waals surface area contributed by atoms with Crippen LogP contribution in [0.25, 0.3) is 0 Å². The highest BCUT2D eigenvalue weighted by Crippen LogP contribution is 2.18. The van der Waals surface area contributed by atoms with Crippen molar-refractivity contribution in [3.8, 4) is 0 Å². The molecule has 1 heterocycles. The monoisotopic (exact) mass is 186 g/mol. The summed E-state index contributed by atoms with van der Waals surface area (Å²) in [7, 11) is 0. The van der Waals surface area contributed by atoms with E-state index in [1.165, 1.54) is 0 Å². The number of aromatic nitrogens is 1. The van der Waals surface area contributed by atoms with Crippen LogP contribution in [0, 0.1) is 0 Å². The van der Waals surface area contributed by atoms with Crippen LogP contribution in [0.1, 0.15) is 18.2 Å². The van der Waals surface area contributed by atoms with Crippen molar-refractivity contribution in [3.63, 3.8) is 0 Å². The lowest BCUT2D eigenvalue weighted by Crippen LogP contribution is -2.29. The molecule has 68 valence electrons. The van der Waals surface area contributed by atoms with Crippen LogP contribution < -0.4 is 5.73 Å². The molecule has 0 aliphatic rings. The molecule has 1 rings (SSSR count). The molecule has 1 atom stereocenters. The molecule has 1 aromatic heterocycles. The van der Waals surface area contributed by atoms with Crippen molar-refractivity contribution in [2.45, 2.75) is 25.4 Å². The molecule has 4 heteroatoms. The summed E-state index contributed by atoms with van der Waals surface area (Å²) in [6.07, 6.45) is 3.06. The Kier molecular flexibility index (Phi) is 3.20. The van der Waals surface area contributed by atoms with Crippen molar-refractivity contribution >= 4 is 11.3 Å². The van der Waals surface area contributed by atoms with Crippen LogP contribution in [-0.2, 0) is 6.42 Å². The fourth-order valence-electron chi connectivity index (χ4n) is 1.10. The molecule has 12 heavy (non-hydrogen) atoms. The Morgan fingerprint density at radius 3 is 3.00 bits per heavy atom. The van der Waals surface area contributed by atoms with Crippen LogP contribution in [0.5, 0.6) is 0 Å². The van der Waals surface area contributed by atoms with Crippen LogP contribution in [0.4, 0.5) is 0 Å². The van der Waals surface area contributed by atoms with Crippen LogP contribution >= 0.6 is 11.3 Å². The number of rotatable bonds is 4. The average Bonchev–Trinajstić information content (AvgIpc) is 2.38. The summed E-state index contributed by atoms with van der Waals surface area (Å²) >= 11 is 1.56. The van der Waals surface area contributed by atoms with Gasteiger partial charge in [0.05, 0.1) is 11.1 Å². The quantitative estimate of drug-likeness (QED) is 0.730. The third-order valence-electron chi connectivity index (χ3n) is 1.72. The van der Waals surface area contributed by atoms with E-state index in [1.54, 1.807) is 30.0 Å². The summed E-state index contributed by atoms with van der Waals surface area (Å²) in [6.45, 7) is 2.32. The maximum absolute atomic E-state index is 9.79. The molecule has 0 aliphatic carbocycles. The van der Waals surface area contributed by atoms with Crippen molar-refractivity contribution in [2.24, 2.45) is 5.73 Å². The van der Waals surface area contributed by atoms with Gasteiger partial charge < -0.3 is 10.8 Å². The second-order valence-corrected chi connectivity index (χ2v) is 4.15. The van der Waals surface area contributed by atoms with E-state index < -0.39 is 5.60 Å². The molecule has 0 spiro atoms. The SMILES string of the molecule is CC(O)(CCN)Cc1cncs1.